The van der Waals surface area contributed by atoms with Crippen molar-refractivity contribution in [2.24, 2.45) is 0 Å². The Morgan fingerprint density at radius 1 is 1.15 bits per heavy atom. The molecule has 1 aromatic rings. The third-order valence-electron chi connectivity index (χ3n) is 2.38. The molecule has 0 spiro atoms. The molecule has 1 rings (SSSR count). The zero-order valence-corrected chi connectivity index (χ0v) is 14.3. The maximum atomic E-state index is 3.03. The van der Waals surface area contributed by atoms with E-state index in [1.54, 1.807) is 0 Å². The number of benzene rings is 1. The van der Waals surface area contributed by atoms with Crippen LogP contribution in [0.25, 0.3) is 0 Å². The minimum absolute atomic E-state index is 0. The van der Waals surface area contributed by atoms with Gasteiger partial charge in [-0.05, 0) is 11.8 Å². The summed E-state index contributed by atoms with van der Waals surface area (Å²) in [5.74, 6) is 0. The van der Waals surface area contributed by atoms with Crippen LogP contribution in [0, 0.1) is 6.07 Å². The van der Waals surface area contributed by atoms with Gasteiger partial charge in [0.25, 0.3) is 0 Å². The molecule has 0 unspecified atom stereocenters. The normalized spacial score (nSPS) is 9.77. The Balaban J connectivity index is 0. The van der Waals surface area contributed by atoms with Crippen molar-refractivity contribution in [1.29, 1.82) is 0 Å². The van der Waals surface area contributed by atoms with Gasteiger partial charge in [0.05, 0.1) is 0 Å². The predicted molar refractivity (Wildman–Crippen MR) is 48.6 cm³/mol. The van der Waals surface area contributed by atoms with Gasteiger partial charge in [-0.1, -0.05) is 20.8 Å². The molecule has 1 aromatic carbocycles. The molecule has 0 fully saturated rings. The summed E-state index contributed by atoms with van der Waals surface area (Å²) < 4.78 is 0. The summed E-state index contributed by atoms with van der Waals surface area (Å²) in [6.45, 7) is 6.75. The van der Waals surface area contributed by atoms with Gasteiger partial charge in [-0.15, -0.1) is 0 Å². The molecule has 0 N–H and O–H groups in total. The monoisotopic (exact) mass is 325 g/mol. The van der Waals surface area contributed by atoms with Crippen molar-refractivity contribution in [2.75, 3.05) is 0 Å². The summed E-state index contributed by atoms with van der Waals surface area (Å²) in [7, 11) is 0. The molecule has 0 heterocycles. The van der Waals surface area contributed by atoms with Crippen LogP contribution in [0.4, 0.5) is 0 Å². The first-order valence-corrected chi connectivity index (χ1v) is 4.13. The molecule has 0 aliphatic carbocycles. The van der Waals surface area contributed by atoms with E-state index in [1.807, 2.05) is 12.1 Å². The second-order valence-corrected chi connectivity index (χ2v) is 3.53. The van der Waals surface area contributed by atoms with Crippen LogP contribution in [-0.2, 0) is 70.8 Å². The van der Waals surface area contributed by atoms with E-state index in [9.17, 15) is 0 Å². The first-order chi connectivity index (χ1) is 5.17. The number of rotatable bonds is 2. The molecule has 0 bridgehead atoms. The van der Waals surface area contributed by atoms with E-state index in [0.717, 1.165) is 0 Å². The van der Waals surface area contributed by atoms with E-state index in [1.165, 1.54) is 12.0 Å². The van der Waals surface area contributed by atoms with E-state index in [4.69, 9.17) is 0 Å². The molecule has 13 heavy (non-hydrogen) atoms. The van der Waals surface area contributed by atoms with Gasteiger partial charge < -0.3 is 0 Å². The first-order valence-electron chi connectivity index (χ1n) is 4.13. The van der Waals surface area contributed by atoms with Gasteiger partial charge in [0.15, 0.2) is 0 Å². The minimum atomic E-state index is 0. The van der Waals surface area contributed by atoms with E-state index in [2.05, 4.69) is 39.0 Å². The molecular formula is C11H15Y2-. The molecule has 0 amide bonds. The van der Waals surface area contributed by atoms with Crippen molar-refractivity contribution in [3.63, 3.8) is 0 Å². The average molecular weight is 325 g/mol. The standard InChI is InChI=1S/C11H15.2Y/c1-4-11(2,3)10-8-6-5-7-9-10;;/h6-9H,4H2,1-3H3;;/q-1;;. The van der Waals surface area contributed by atoms with Crippen LogP contribution in [0.2, 0.25) is 0 Å². The second-order valence-electron chi connectivity index (χ2n) is 3.53. The van der Waals surface area contributed by atoms with Gasteiger partial charge in [-0.25, -0.2) is 0 Å². The summed E-state index contributed by atoms with van der Waals surface area (Å²) in [4.78, 5) is 0. The van der Waals surface area contributed by atoms with Gasteiger partial charge in [-0.3, -0.25) is 0 Å². The third kappa shape index (κ3) is 5.16. The fraction of sp³-hybridized carbons (Fsp3) is 0.455. The van der Waals surface area contributed by atoms with Crippen LogP contribution < -0.4 is 0 Å². The summed E-state index contributed by atoms with van der Waals surface area (Å²) in [6, 6.07) is 11.3. The van der Waals surface area contributed by atoms with E-state index < -0.39 is 0 Å². The summed E-state index contributed by atoms with van der Waals surface area (Å²) in [5.41, 5.74) is 1.72. The van der Waals surface area contributed by atoms with E-state index in [-0.39, 0.29) is 65.4 Å². The SMILES string of the molecule is CCC(C)(C)c1cc[c-]cc1.[Y].[Y]. The van der Waals surface area contributed by atoms with Crippen molar-refractivity contribution < 1.29 is 65.4 Å². The Kier molecular flexibility index (Phi) is 9.96. The zero-order chi connectivity index (χ0) is 8.32. The molecule has 2 radical (unpaired) electrons. The van der Waals surface area contributed by atoms with Crippen molar-refractivity contribution in [3.8, 4) is 0 Å². The smallest absolute Gasteiger partial charge is 0 e. The van der Waals surface area contributed by atoms with Crippen LogP contribution in [-0.4, -0.2) is 0 Å². The number of hydrogen-bond acceptors (Lipinski definition) is 0. The minimum Gasteiger partial charge on any atom is -0.184 e. The topological polar surface area (TPSA) is 0 Å². The first kappa shape index (κ1) is 16.8. The van der Waals surface area contributed by atoms with Gasteiger partial charge in [-0.2, -0.15) is 35.9 Å². The van der Waals surface area contributed by atoms with E-state index >= 15 is 0 Å². The molecule has 66 valence electrons. The number of hydrogen-bond donors (Lipinski definition) is 0. The summed E-state index contributed by atoms with van der Waals surface area (Å²) >= 11 is 0. The molecule has 0 aliphatic heterocycles. The van der Waals surface area contributed by atoms with Crippen LogP contribution in [0.15, 0.2) is 24.3 Å². The van der Waals surface area contributed by atoms with Gasteiger partial charge in [0, 0.05) is 65.4 Å². The Bertz CT molecular complexity index is 217. The molecule has 2 heteroatoms. The molecule has 0 nitrogen and oxygen atoms in total. The maximum Gasteiger partial charge on any atom is 0 e. The Morgan fingerprint density at radius 3 is 2.00 bits per heavy atom. The van der Waals surface area contributed by atoms with Gasteiger partial charge in [0.2, 0.25) is 0 Å². The molecular weight excluding hydrogens is 310 g/mol. The Labute approximate surface area is 132 Å². The average Bonchev–Trinajstić information content (AvgIpc) is 2.06. The van der Waals surface area contributed by atoms with Crippen molar-refractivity contribution in [1.82, 2.24) is 0 Å². The van der Waals surface area contributed by atoms with Crippen molar-refractivity contribution in [2.45, 2.75) is 32.6 Å². The van der Waals surface area contributed by atoms with Crippen molar-refractivity contribution in [3.05, 3.63) is 35.9 Å². The maximum absolute atomic E-state index is 3.03. The molecule has 0 aromatic heterocycles. The van der Waals surface area contributed by atoms with Crippen LogP contribution >= 0.6 is 0 Å². The Morgan fingerprint density at radius 2 is 1.62 bits per heavy atom. The summed E-state index contributed by atoms with van der Waals surface area (Å²) in [6.07, 6.45) is 1.18. The predicted octanol–water partition coefficient (Wildman–Crippen LogP) is 3.17. The second kappa shape index (κ2) is 7.68. The van der Waals surface area contributed by atoms with Gasteiger partial charge >= 0.3 is 0 Å². The molecule has 0 atom stereocenters. The quantitative estimate of drug-likeness (QED) is 0.733. The fourth-order valence-corrected chi connectivity index (χ4v) is 1.04. The van der Waals surface area contributed by atoms with Gasteiger partial charge in [0.1, 0.15) is 0 Å². The van der Waals surface area contributed by atoms with Crippen LogP contribution in [0.5, 0.6) is 0 Å². The fourth-order valence-electron chi connectivity index (χ4n) is 1.04. The summed E-state index contributed by atoms with van der Waals surface area (Å²) in [5, 5.41) is 0. The van der Waals surface area contributed by atoms with E-state index in [0.29, 0.717) is 5.41 Å². The Hall–Kier alpha value is 1.43. The van der Waals surface area contributed by atoms with Crippen LogP contribution in [0.3, 0.4) is 0 Å². The zero-order valence-electron chi connectivity index (χ0n) is 8.67. The van der Waals surface area contributed by atoms with Crippen molar-refractivity contribution >= 4 is 0 Å². The molecule has 0 saturated carbocycles. The third-order valence-corrected chi connectivity index (χ3v) is 2.38. The largest absolute Gasteiger partial charge is 0.184 e. The molecule has 0 saturated heterocycles. The molecule has 0 aliphatic rings. The van der Waals surface area contributed by atoms with Crippen LogP contribution in [0.1, 0.15) is 32.8 Å².